The summed E-state index contributed by atoms with van der Waals surface area (Å²) in [5.74, 6) is 0.559. The predicted molar refractivity (Wildman–Crippen MR) is 69.6 cm³/mol. The Bertz CT molecular complexity index is 613. The molecule has 0 radical (unpaired) electrons. The van der Waals surface area contributed by atoms with Crippen molar-refractivity contribution in [2.24, 2.45) is 0 Å². The molecule has 2 aliphatic heterocycles. The molecule has 1 saturated heterocycles. The lowest BCUT2D eigenvalue weighted by atomic mass is 10.2. The second kappa shape index (κ2) is 4.60. The number of hydrogen-bond acceptors (Lipinski definition) is 7. The Morgan fingerprint density at radius 1 is 1.47 bits per heavy atom. The number of fused-ring (bicyclic) bond motifs is 1. The van der Waals surface area contributed by atoms with Gasteiger partial charge in [0, 0.05) is 6.42 Å². The molecule has 1 aromatic heterocycles. The van der Waals surface area contributed by atoms with Crippen molar-refractivity contribution in [2.45, 2.75) is 24.9 Å². The Morgan fingerprint density at radius 3 is 2.95 bits per heavy atom. The van der Waals surface area contributed by atoms with E-state index in [1.54, 1.807) is 0 Å². The van der Waals surface area contributed by atoms with Crippen LogP contribution in [-0.2, 0) is 4.74 Å². The van der Waals surface area contributed by atoms with E-state index in [4.69, 9.17) is 22.1 Å². The molecule has 0 aliphatic carbocycles. The molecule has 19 heavy (non-hydrogen) atoms. The Balaban J connectivity index is 2.03. The van der Waals surface area contributed by atoms with Gasteiger partial charge in [-0.1, -0.05) is 0 Å². The molecular weight excluding hydrogens is 272 g/mol. The van der Waals surface area contributed by atoms with Crippen LogP contribution < -0.4 is 16.2 Å². The maximum Gasteiger partial charge on any atom is 0.282 e. The molecule has 9 heteroatoms. The number of aliphatic hydroxyl groups is 2. The van der Waals surface area contributed by atoms with Crippen LogP contribution in [0.5, 0.6) is 0 Å². The summed E-state index contributed by atoms with van der Waals surface area (Å²) < 4.78 is 6.96. The topological polar surface area (TPSA) is 112 Å². The van der Waals surface area contributed by atoms with Crippen LogP contribution in [-0.4, -0.2) is 45.2 Å². The third kappa shape index (κ3) is 1.94. The number of rotatable bonds is 2. The average Bonchev–Trinajstić information content (AvgIpc) is 2.95. The monoisotopic (exact) mass is 286 g/mol. The van der Waals surface area contributed by atoms with Crippen LogP contribution in [0.4, 0.5) is 11.5 Å². The Kier molecular flexibility index (Phi) is 3.05. The maximum absolute atomic E-state index is 12.3. The van der Waals surface area contributed by atoms with Crippen LogP contribution in [0.1, 0.15) is 12.6 Å². The lowest BCUT2D eigenvalue weighted by molar-refractivity contribution is -0.0461. The molecule has 1 aromatic rings. The van der Waals surface area contributed by atoms with Crippen molar-refractivity contribution in [3.8, 4) is 0 Å². The van der Waals surface area contributed by atoms with Crippen LogP contribution in [0.2, 0.25) is 0 Å². The predicted octanol–water partition coefficient (Wildman–Crippen LogP) is -0.659. The standard InChI is InChI=1S/C10H14N4O4S/c15-2-5-4(16)1-6(18-5)14-9(17)7-8(12-3-11-7)13-10(14)19/h4-6,11-12,15-16H,1-3H2,(H,13,19)/t4-,5+,6?/m0/s1. The Hall–Kier alpha value is -1.42. The number of ether oxygens (including phenoxy) is 1. The van der Waals surface area contributed by atoms with Crippen LogP contribution >= 0.6 is 12.2 Å². The van der Waals surface area contributed by atoms with Gasteiger partial charge in [-0.25, -0.2) is 0 Å². The number of H-pyrrole nitrogens is 1. The summed E-state index contributed by atoms with van der Waals surface area (Å²) in [6.07, 6.45) is -1.95. The smallest absolute Gasteiger partial charge is 0.282 e. The van der Waals surface area contributed by atoms with E-state index in [0.717, 1.165) is 0 Å². The van der Waals surface area contributed by atoms with E-state index in [1.165, 1.54) is 4.57 Å². The number of aromatic nitrogens is 2. The first kappa shape index (κ1) is 12.6. The third-order valence-electron chi connectivity index (χ3n) is 3.34. The first-order chi connectivity index (χ1) is 9.11. The second-order valence-electron chi connectivity index (χ2n) is 4.50. The number of aromatic amines is 1. The average molecular weight is 286 g/mol. The molecule has 3 rings (SSSR count). The number of aliphatic hydroxyl groups excluding tert-OH is 2. The van der Waals surface area contributed by atoms with Gasteiger partial charge in [0.1, 0.15) is 23.8 Å². The SMILES string of the molecule is O=c1c2c([nH]c(=S)n1C1C[C@H](O)[C@@H](CO)O1)NCN2. The van der Waals surface area contributed by atoms with Gasteiger partial charge < -0.3 is 30.6 Å². The molecule has 0 bridgehead atoms. The molecule has 1 unspecified atom stereocenters. The quantitative estimate of drug-likeness (QED) is 0.459. The van der Waals surface area contributed by atoms with Gasteiger partial charge in [0.05, 0.1) is 19.4 Å². The maximum atomic E-state index is 12.3. The van der Waals surface area contributed by atoms with Crippen LogP contribution in [0.3, 0.4) is 0 Å². The molecule has 1 fully saturated rings. The van der Waals surface area contributed by atoms with Crippen molar-refractivity contribution < 1.29 is 14.9 Å². The number of nitrogens with one attached hydrogen (secondary N) is 3. The number of hydrogen-bond donors (Lipinski definition) is 5. The summed E-state index contributed by atoms with van der Waals surface area (Å²) in [5.41, 5.74) is 0.0960. The van der Waals surface area contributed by atoms with E-state index in [1.807, 2.05) is 0 Å². The summed E-state index contributed by atoms with van der Waals surface area (Å²) in [5, 5.41) is 24.6. The highest BCUT2D eigenvalue weighted by Gasteiger charge is 2.36. The molecule has 0 spiro atoms. The molecule has 2 aliphatic rings. The van der Waals surface area contributed by atoms with Crippen molar-refractivity contribution in [1.29, 1.82) is 0 Å². The fourth-order valence-electron chi connectivity index (χ4n) is 2.37. The fraction of sp³-hybridized carbons (Fsp3) is 0.600. The minimum atomic E-state index is -0.810. The van der Waals surface area contributed by atoms with E-state index in [-0.39, 0.29) is 23.4 Å². The summed E-state index contributed by atoms with van der Waals surface area (Å²) >= 11 is 5.15. The number of nitrogens with zero attached hydrogens (tertiary/aromatic N) is 1. The van der Waals surface area contributed by atoms with E-state index in [9.17, 15) is 9.90 Å². The highest BCUT2D eigenvalue weighted by molar-refractivity contribution is 7.71. The first-order valence-electron chi connectivity index (χ1n) is 5.92. The van der Waals surface area contributed by atoms with Gasteiger partial charge in [0.15, 0.2) is 4.77 Å². The Morgan fingerprint density at radius 2 is 2.26 bits per heavy atom. The first-order valence-corrected chi connectivity index (χ1v) is 6.33. The van der Waals surface area contributed by atoms with Crippen molar-refractivity contribution in [3.63, 3.8) is 0 Å². The van der Waals surface area contributed by atoms with Gasteiger partial charge >= 0.3 is 0 Å². The van der Waals surface area contributed by atoms with Crippen LogP contribution in [0.15, 0.2) is 4.79 Å². The van der Waals surface area contributed by atoms with E-state index >= 15 is 0 Å². The third-order valence-corrected chi connectivity index (χ3v) is 3.63. The van der Waals surface area contributed by atoms with Gasteiger partial charge in [-0.2, -0.15) is 0 Å². The normalized spacial score (nSPS) is 28.8. The zero-order valence-corrected chi connectivity index (χ0v) is 10.7. The zero-order valence-electron chi connectivity index (χ0n) is 9.92. The fourth-order valence-corrected chi connectivity index (χ4v) is 2.67. The number of anilines is 2. The van der Waals surface area contributed by atoms with Crippen molar-refractivity contribution in [3.05, 3.63) is 15.1 Å². The minimum Gasteiger partial charge on any atom is -0.394 e. The lowest BCUT2D eigenvalue weighted by Gasteiger charge is -2.15. The molecule has 3 atom stereocenters. The van der Waals surface area contributed by atoms with Crippen molar-refractivity contribution in [2.75, 3.05) is 23.9 Å². The summed E-state index contributed by atoms with van der Waals surface area (Å²) in [6.45, 7) is 0.154. The van der Waals surface area contributed by atoms with Crippen molar-refractivity contribution >= 4 is 23.7 Å². The minimum absolute atomic E-state index is 0.217. The molecule has 3 heterocycles. The van der Waals surface area contributed by atoms with Gasteiger partial charge in [-0.05, 0) is 12.2 Å². The second-order valence-corrected chi connectivity index (χ2v) is 4.89. The van der Waals surface area contributed by atoms with Gasteiger partial charge in [0.2, 0.25) is 0 Å². The molecule has 104 valence electrons. The van der Waals surface area contributed by atoms with Crippen molar-refractivity contribution in [1.82, 2.24) is 9.55 Å². The lowest BCUT2D eigenvalue weighted by Crippen LogP contribution is -2.28. The van der Waals surface area contributed by atoms with Gasteiger partial charge in [-0.3, -0.25) is 9.36 Å². The Labute approximate surface area is 113 Å². The largest absolute Gasteiger partial charge is 0.394 e. The molecule has 0 saturated carbocycles. The van der Waals surface area contributed by atoms with E-state index in [2.05, 4.69) is 15.6 Å². The summed E-state index contributed by atoms with van der Waals surface area (Å²) in [6, 6.07) is 0. The molecule has 0 aromatic carbocycles. The van der Waals surface area contributed by atoms with Crippen LogP contribution in [0, 0.1) is 4.77 Å². The molecular formula is C10H14N4O4S. The van der Waals surface area contributed by atoms with Gasteiger partial charge in [0.25, 0.3) is 5.56 Å². The molecule has 0 amide bonds. The zero-order chi connectivity index (χ0) is 13.6. The van der Waals surface area contributed by atoms with E-state index < -0.39 is 18.4 Å². The van der Waals surface area contributed by atoms with Gasteiger partial charge in [-0.15, -0.1) is 0 Å². The highest BCUT2D eigenvalue weighted by Crippen LogP contribution is 2.29. The molecule has 8 nitrogen and oxygen atoms in total. The molecule has 5 N–H and O–H groups in total. The summed E-state index contributed by atoms with van der Waals surface area (Å²) in [7, 11) is 0. The van der Waals surface area contributed by atoms with E-state index in [0.29, 0.717) is 18.2 Å². The van der Waals surface area contributed by atoms with Crippen LogP contribution in [0.25, 0.3) is 0 Å². The highest BCUT2D eigenvalue weighted by atomic mass is 32.1. The summed E-state index contributed by atoms with van der Waals surface area (Å²) in [4.78, 5) is 15.2.